The van der Waals surface area contributed by atoms with Crippen LogP contribution in [0, 0.1) is 0 Å². The Morgan fingerprint density at radius 1 is 1.43 bits per heavy atom. The van der Waals surface area contributed by atoms with Gasteiger partial charge in [0.2, 0.25) is 5.28 Å². The van der Waals surface area contributed by atoms with Gasteiger partial charge in [-0.05, 0) is 41.8 Å². The molecule has 0 aliphatic carbocycles. The Kier molecular flexibility index (Phi) is 4.97. The molecular weight excluding hydrogens is 336 g/mol. The summed E-state index contributed by atoms with van der Waals surface area (Å²) < 4.78 is 4.64. The van der Waals surface area contributed by atoms with Gasteiger partial charge in [-0.1, -0.05) is 6.07 Å². The lowest BCUT2D eigenvalue weighted by Crippen LogP contribution is -2.08. The maximum atomic E-state index is 11.3. The number of ether oxygens (including phenoxy) is 1. The Morgan fingerprint density at radius 3 is 3.04 bits per heavy atom. The second-order valence-electron chi connectivity index (χ2n) is 5.00. The number of pyridine rings is 1. The zero-order valence-electron chi connectivity index (χ0n) is 12.5. The molecule has 0 radical (unpaired) electrons. The van der Waals surface area contributed by atoms with Crippen LogP contribution in [-0.4, -0.2) is 33.8 Å². The van der Waals surface area contributed by atoms with Crippen LogP contribution in [0.1, 0.15) is 17.7 Å². The van der Waals surface area contributed by atoms with Crippen LogP contribution < -0.4 is 5.32 Å². The van der Waals surface area contributed by atoms with Gasteiger partial charge in [-0.2, -0.15) is 4.98 Å². The lowest BCUT2D eigenvalue weighted by Gasteiger charge is -2.17. The molecule has 0 aromatic carbocycles. The van der Waals surface area contributed by atoms with Crippen molar-refractivity contribution in [2.75, 3.05) is 18.2 Å². The number of nitrogens with zero attached hydrogens (tertiary/aromatic N) is 3. The molecule has 0 spiro atoms. The van der Waals surface area contributed by atoms with Gasteiger partial charge in [-0.15, -0.1) is 11.8 Å². The van der Waals surface area contributed by atoms with Gasteiger partial charge in [0, 0.05) is 6.20 Å². The molecule has 1 aliphatic heterocycles. The van der Waals surface area contributed by atoms with Crippen LogP contribution in [0.4, 0.5) is 11.6 Å². The summed E-state index contributed by atoms with van der Waals surface area (Å²) in [5.41, 5.74) is 1.77. The van der Waals surface area contributed by atoms with E-state index in [0.29, 0.717) is 11.6 Å². The van der Waals surface area contributed by atoms with Gasteiger partial charge in [0.05, 0.1) is 24.1 Å². The van der Waals surface area contributed by atoms with E-state index in [4.69, 9.17) is 11.6 Å². The first-order chi connectivity index (χ1) is 11.2. The molecule has 0 bridgehead atoms. The van der Waals surface area contributed by atoms with E-state index >= 15 is 0 Å². The molecule has 1 N–H and O–H groups in total. The van der Waals surface area contributed by atoms with Crippen molar-refractivity contribution in [2.24, 2.45) is 0 Å². The van der Waals surface area contributed by atoms with Crippen molar-refractivity contribution in [3.8, 4) is 0 Å². The number of nitrogens with one attached hydrogen (secondary N) is 1. The smallest absolute Gasteiger partial charge is 0.310 e. The number of rotatable bonds is 4. The predicted molar refractivity (Wildman–Crippen MR) is 89.3 cm³/mol. The molecule has 0 saturated heterocycles. The number of carbonyl (C=O) groups excluding carboxylic acids is 1. The van der Waals surface area contributed by atoms with Gasteiger partial charge < -0.3 is 10.1 Å². The minimum absolute atomic E-state index is 0.203. The SMILES string of the molecule is COC(=O)Cc1ccc(Nc2nc(Cl)nc3c2SCCC3)nc1. The Balaban J connectivity index is 1.79. The van der Waals surface area contributed by atoms with Gasteiger partial charge in [-0.3, -0.25) is 4.79 Å². The standard InChI is InChI=1S/C15H15ClN4O2S/c1-22-12(21)7-9-4-5-11(17-8-9)19-14-13-10(3-2-6-23-13)18-15(16)20-14/h4-5,8H,2-3,6-7H2,1H3,(H,17,18,19,20). The summed E-state index contributed by atoms with van der Waals surface area (Å²) in [5, 5.41) is 3.42. The number of halogens is 1. The average molecular weight is 351 g/mol. The van der Waals surface area contributed by atoms with E-state index in [1.165, 1.54) is 7.11 Å². The van der Waals surface area contributed by atoms with E-state index in [0.717, 1.165) is 34.7 Å². The van der Waals surface area contributed by atoms with Gasteiger partial charge >= 0.3 is 5.97 Å². The van der Waals surface area contributed by atoms with Gasteiger partial charge in [-0.25, -0.2) is 9.97 Å². The number of carbonyl (C=O) groups is 1. The van der Waals surface area contributed by atoms with Crippen molar-refractivity contribution in [1.82, 2.24) is 15.0 Å². The molecule has 3 heterocycles. The molecule has 6 nitrogen and oxygen atoms in total. The average Bonchev–Trinajstić information content (AvgIpc) is 2.56. The molecule has 0 fully saturated rings. The first-order valence-corrected chi connectivity index (χ1v) is 8.50. The van der Waals surface area contributed by atoms with Crippen molar-refractivity contribution >= 4 is 41.0 Å². The largest absolute Gasteiger partial charge is 0.469 e. The number of aryl methyl sites for hydroxylation is 1. The Bertz CT molecular complexity index is 724. The number of methoxy groups -OCH3 is 1. The highest BCUT2D eigenvalue weighted by molar-refractivity contribution is 7.99. The molecule has 0 unspecified atom stereocenters. The number of aromatic nitrogens is 3. The number of fused-ring (bicyclic) bond motifs is 1. The highest BCUT2D eigenvalue weighted by Crippen LogP contribution is 2.35. The zero-order valence-corrected chi connectivity index (χ0v) is 14.1. The van der Waals surface area contributed by atoms with E-state index in [-0.39, 0.29) is 17.7 Å². The van der Waals surface area contributed by atoms with Crippen molar-refractivity contribution in [1.29, 1.82) is 0 Å². The first-order valence-electron chi connectivity index (χ1n) is 7.13. The maximum Gasteiger partial charge on any atom is 0.310 e. The summed E-state index contributed by atoms with van der Waals surface area (Å²) in [6, 6.07) is 3.63. The molecule has 0 amide bonds. The molecule has 0 atom stereocenters. The molecule has 120 valence electrons. The van der Waals surface area contributed by atoms with E-state index < -0.39 is 0 Å². The molecule has 1 aliphatic rings. The van der Waals surface area contributed by atoms with Crippen LogP contribution in [0.5, 0.6) is 0 Å². The van der Waals surface area contributed by atoms with Crippen LogP contribution in [0.15, 0.2) is 23.2 Å². The second kappa shape index (κ2) is 7.14. The van der Waals surface area contributed by atoms with Crippen molar-refractivity contribution in [3.63, 3.8) is 0 Å². The fourth-order valence-corrected chi connectivity index (χ4v) is 3.48. The Morgan fingerprint density at radius 2 is 2.30 bits per heavy atom. The highest BCUT2D eigenvalue weighted by Gasteiger charge is 2.18. The fraction of sp³-hybridized carbons (Fsp3) is 0.333. The van der Waals surface area contributed by atoms with E-state index in [1.807, 2.05) is 6.07 Å². The fourth-order valence-electron chi connectivity index (χ4n) is 2.25. The number of hydrogen-bond acceptors (Lipinski definition) is 7. The molecule has 8 heteroatoms. The number of esters is 1. The van der Waals surface area contributed by atoms with Crippen LogP contribution in [0.2, 0.25) is 5.28 Å². The molecule has 23 heavy (non-hydrogen) atoms. The topological polar surface area (TPSA) is 77.0 Å². The summed E-state index contributed by atoms with van der Waals surface area (Å²) >= 11 is 7.73. The minimum atomic E-state index is -0.291. The Hall–Kier alpha value is -1.86. The van der Waals surface area contributed by atoms with Crippen LogP contribution in [0.3, 0.4) is 0 Å². The molecule has 3 rings (SSSR count). The summed E-state index contributed by atoms with van der Waals surface area (Å²) in [6.45, 7) is 0. The normalized spacial score (nSPS) is 13.3. The first kappa shape index (κ1) is 16.0. The molecular formula is C15H15ClN4O2S. The lowest BCUT2D eigenvalue weighted by molar-refractivity contribution is -0.139. The summed E-state index contributed by atoms with van der Waals surface area (Å²) in [5.74, 6) is 2.07. The van der Waals surface area contributed by atoms with E-state index in [2.05, 4.69) is 25.0 Å². The summed E-state index contributed by atoms with van der Waals surface area (Å²) in [4.78, 5) is 25.2. The third-order valence-electron chi connectivity index (χ3n) is 3.36. The van der Waals surface area contributed by atoms with Crippen LogP contribution in [0.25, 0.3) is 0 Å². The van der Waals surface area contributed by atoms with Gasteiger partial charge in [0.1, 0.15) is 5.82 Å². The molecule has 2 aromatic heterocycles. The second-order valence-corrected chi connectivity index (χ2v) is 6.44. The van der Waals surface area contributed by atoms with Crippen LogP contribution in [-0.2, 0) is 22.4 Å². The Labute approximate surface area is 143 Å². The third kappa shape index (κ3) is 3.92. The monoisotopic (exact) mass is 350 g/mol. The highest BCUT2D eigenvalue weighted by atomic mass is 35.5. The zero-order chi connectivity index (χ0) is 16.2. The van der Waals surface area contributed by atoms with Crippen molar-refractivity contribution in [2.45, 2.75) is 24.2 Å². The van der Waals surface area contributed by atoms with Crippen molar-refractivity contribution in [3.05, 3.63) is 34.9 Å². The summed E-state index contributed by atoms with van der Waals surface area (Å²) in [7, 11) is 1.37. The molecule has 2 aromatic rings. The summed E-state index contributed by atoms with van der Waals surface area (Å²) in [6.07, 6.45) is 3.84. The predicted octanol–water partition coefficient (Wildman–Crippen LogP) is 3.02. The maximum absolute atomic E-state index is 11.3. The van der Waals surface area contributed by atoms with Gasteiger partial charge in [0.15, 0.2) is 5.82 Å². The van der Waals surface area contributed by atoms with Crippen molar-refractivity contribution < 1.29 is 9.53 Å². The third-order valence-corrected chi connectivity index (χ3v) is 4.74. The van der Waals surface area contributed by atoms with E-state index in [1.54, 1.807) is 24.0 Å². The quantitative estimate of drug-likeness (QED) is 0.670. The van der Waals surface area contributed by atoms with E-state index in [9.17, 15) is 4.79 Å². The van der Waals surface area contributed by atoms with Gasteiger partial charge in [0.25, 0.3) is 0 Å². The number of anilines is 2. The lowest BCUT2D eigenvalue weighted by atomic mass is 10.2. The number of thioether (sulfide) groups is 1. The number of hydrogen-bond donors (Lipinski definition) is 1. The minimum Gasteiger partial charge on any atom is -0.469 e. The molecule has 0 saturated carbocycles. The van der Waals surface area contributed by atoms with Crippen LogP contribution >= 0.6 is 23.4 Å².